The number of benzene rings is 1. The normalized spacial score (nSPS) is 12.0. The summed E-state index contributed by atoms with van der Waals surface area (Å²) in [5.74, 6) is 0.521. The number of nitrogens with one attached hydrogen (secondary N) is 1. The highest BCUT2D eigenvalue weighted by Gasteiger charge is 2.11. The smallest absolute Gasteiger partial charge is 0.237 e. The number of halogens is 1. The van der Waals surface area contributed by atoms with E-state index in [1.54, 1.807) is 18.2 Å². The van der Waals surface area contributed by atoms with Crippen LogP contribution in [-0.4, -0.2) is 24.5 Å². The van der Waals surface area contributed by atoms with Crippen molar-refractivity contribution in [3.63, 3.8) is 0 Å². The van der Waals surface area contributed by atoms with E-state index in [-0.39, 0.29) is 11.2 Å². The van der Waals surface area contributed by atoms with E-state index in [1.807, 2.05) is 13.2 Å². The van der Waals surface area contributed by atoms with E-state index in [0.29, 0.717) is 16.5 Å². The fourth-order valence-corrected chi connectivity index (χ4v) is 1.56. The number of methoxy groups -OCH3 is 1. The average molecular weight is 260 g/mol. The number of amides is 1. The molecule has 1 aromatic carbocycles. The van der Waals surface area contributed by atoms with Crippen LogP contribution in [0.5, 0.6) is 5.75 Å². The summed E-state index contributed by atoms with van der Waals surface area (Å²) in [6, 6.07) is 5.14. The van der Waals surface area contributed by atoms with Crippen molar-refractivity contribution < 1.29 is 9.53 Å². The predicted octanol–water partition coefficient (Wildman–Crippen LogP) is 3.04. The first-order valence-corrected chi connectivity index (χ1v) is 6.42. The molecular weight excluding hydrogens is 246 g/mol. The molecule has 5 heteroatoms. The maximum atomic E-state index is 11.6. The van der Waals surface area contributed by atoms with Crippen molar-refractivity contribution in [2.45, 2.75) is 12.2 Å². The maximum absolute atomic E-state index is 11.6. The standard InChI is InChI=1S/C11H14ClNO2S/c1-7(16-3)11(14)13-8-4-5-9(12)10(6-8)15-2/h4-7H,1-3H3,(H,13,14)/t7-/m1/s1. The van der Waals surface area contributed by atoms with Gasteiger partial charge in [0.2, 0.25) is 5.91 Å². The number of thioether (sulfide) groups is 1. The van der Waals surface area contributed by atoms with Gasteiger partial charge in [0.15, 0.2) is 0 Å². The van der Waals surface area contributed by atoms with Crippen LogP contribution in [-0.2, 0) is 4.79 Å². The molecule has 16 heavy (non-hydrogen) atoms. The maximum Gasteiger partial charge on any atom is 0.237 e. The highest BCUT2D eigenvalue weighted by atomic mass is 35.5. The lowest BCUT2D eigenvalue weighted by Crippen LogP contribution is -2.21. The Morgan fingerprint density at radius 2 is 2.25 bits per heavy atom. The minimum atomic E-state index is -0.0818. The van der Waals surface area contributed by atoms with Crippen molar-refractivity contribution >= 4 is 35.0 Å². The monoisotopic (exact) mass is 259 g/mol. The molecule has 1 rings (SSSR count). The number of anilines is 1. The van der Waals surface area contributed by atoms with Gasteiger partial charge in [0, 0.05) is 11.8 Å². The van der Waals surface area contributed by atoms with Gasteiger partial charge in [0.1, 0.15) is 5.75 Å². The molecule has 88 valence electrons. The molecule has 0 spiro atoms. The van der Waals surface area contributed by atoms with Crippen molar-refractivity contribution in [3.05, 3.63) is 23.2 Å². The molecule has 0 aliphatic carbocycles. The molecule has 0 saturated carbocycles. The van der Waals surface area contributed by atoms with E-state index in [2.05, 4.69) is 5.32 Å². The Hall–Kier alpha value is -0.870. The lowest BCUT2D eigenvalue weighted by Gasteiger charge is -2.11. The first-order valence-electron chi connectivity index (χ1n) is 4.75. The summed E-state index contributed by atoms with van der Waals surface area (Å²) in [6.07, 6.45) is 1.90. The summed E-state index contributed by atoms with van der Waals surface area (Å²) >= 11 is 7.38. The van der Waals surface area contributed by atoms with Gasteiger partial charge in [0.25, 0.3) is 0 Å². The van der Waals surface area contributed by atoms with Crippen molar-refractivity contribution in [1.29, 1.82) is 0 Å². The van der Waals surface area contributed by atoms with E-state index in [0.717, 1.165) is 0 Å². The Bertz CT molecular complexity index is 384. The average Bonchev–Trinajstić information content (AvgIpc) is 2.30. The molecule has 0 aromatic heterocycles. The van der Waals surface area contributed by atoms with Crippen molar-refractivity contribution in [3.8, 4) is 5.75 Å². The molecule has 0 bridgehead atoms. The SMILES string of the molecule is COc1cc(NC(=O)[C@@H](C)SC)ccc1Cl. The van der Waals surface area contributed by atoms with Gasteiger partial charge in [0.05, 0.1) is 17.4 Å². The van der Waals surface area contributed by atoms with Gasteiger partial charge in [-0.05, 0) is 25.3 Å². The van der Waals surface area contributed by atoms with Crippen molar-refractivity contribution in [2.24, 2.45) is 0 Å². The summed E-state index contributed by atoms with van der Waals surface area (Å²) in [5, 5.41) is 3.24. The van der Waals surface area contributed by atoms with E-state index < -0.39 is 0 Å². The molecule has 1 aromatic rings. The third-order valence-electron chi connectivity index (χ3n) is 2.14. The fourth-order valence-electron chi connectivity index (χ4n) is 1.09. The molecule has 1 atom stereocenters. The summed E-state index contributed by atoms with van der Waals surface area (Å²) in [7, 11) is 1.54. The Kier molecular flexibility index (Phi) is 4.96. The first kappa shape index (κ1) is 13.2. The molecule has 0 fully saturated rings. The van der Waals surface area contributed by atoms with Crippen LogP contribution in [0.2, 0.25) is 5.02 Å². The van der Waals surface area contributed by atoms with Crippen LogP contribution in [0, 0.1) is 0 Å². The predicted molar refractivity (Wildman–Crippen MR) is 69.6 cm³/mol. The lowest BCUT2D eigenvalue weighted by atomic mass is 10.3. The molecule has 0 heterocycles. The largest absolute Gasteiger partial charge is 0.495 e. The molecule has 1 N–H and O–H groups in total. The van der Waals surface area contributed by atoms with Crippen LogP contribution in [0.4, 0.5) is 5.69 Å². The van der Waals surface area contributed by atoms with Crippen LogP contribution in [0.15, 0.2) is 18.2 Å². The van der Waals surface area contributed by atoms with Crippen molar-refractivity contribution in [2.75, 3.05) is 18.7 Å². The van der Waals surface area contributed by atoms with Crippen LogP contribution in [0.25, 0.3) is 0 Å². The number of rotatable bonds is 4. The summed E-state index contributed by atoms with van der Waals surface area (Å²) in [5.41, 5.74) is 0.687. The first-order chi connectivity index (χ1) is 7.58. The van der Waals surface area contributed by atoms with Crippen molar-refractivity contribution in [1.82, 2.24) is 0 Å². The highest BCUT2D eigenvalue weighted by Crippen LogP contribution is 2.27. The molecule has 0 unspecified atom stereocenters. The number of hydrogen-bond acceptors (Lipinski definition) is 3. The second kappa shape index (κ2) is 6.01. The Morgan fingerprint density at radius 1 is 1.56 bits per heavy atom. The molecule has 0 saturated heterocycles. The van der Waals surface area contributed by atoms with Gasteiger partial charge in [-0.3, -0.25) is 4.79 Å². The quantitative estimate of drug-likeness (QED) is 0.903. The molecule has 0 aliphatic rings. The molecule has 3 nitrogen and oxygen atoms in total. The highest BCUT2D eigenvalue weighted by molar-refractivity contribution is 7.99. The number of ether oxygens (including phenoxy) is 1. The lowest BCUT2D eigenvalue weighted by molar-refractivity contribution is -0.115. The van der Waals surface area contributed by atoms with E-state index in [9.17, 15) is 4.79 Å². The van der Waals surface area contributed by atoms with Gasteiger partial charge in [-0.1, -0.05) is 11.6 Å². The third kappa shape index (κ3) is 3.32. The summed E-state index contributed by atoms with van der Waals surface area (Å²) < 4.78 is 5.07. The number of carbonyl (C=O) groups excluding carboxylic acids is 1. The molecular formula is C11H14ClNO2S. The summed E-state index contributed by atoms with van der Waals surface area (Å²) in [4.78, 5) is 11.6. The van der Waals surface area contributed by atoms with Gasteiger partial charge in [-0.15, -0.1) is 0 Å². The topological polar surface area (TPSA) is 38.3 Å². The van der Waals surface area contributed by atoms with Crippen LogP contribution < -0.4 is 10.1 Å². The van der Waals surface area contributed by atoms with Gasteiger partial charge in [-0.2, -0.15) is 11.8 Å². The zero-order chi connectivity index (χ0) is 12.1. The van der Waals surface area contributed by atoms with Gasteiger partial charge in [-0.25, -0.2) is 0 Å². The molecule has 1 amide bonds. The molecule has 0 radical (unpaired) electrons. The summed E-state index contributed by atoms with van der Waals surface area (Å²) in [6.45, 7) is 1.85. The van der Waals surface area contributed by atoms with Crippen LogP contribution in [0.3, 0.4) is 0 Å². The second-order valence-corrected chi connectivity index (χ2v) is 4.80. The van der Waals surface area contributed by atoms with Gasteiger partial charge < -0.3 is 10.1 Å². The minimum Gasteiger partial charge on any atom is -0.495 e. The van der Waals surface area contributed by atoms with E-state index >= 15 is 0 Å². The third-order valence-corrected chi connectivity index (χ3v) is 3.37. The Labute approximate surface area is 105 Å². The van der Waals surface area contributed by atoms with Crippen LogP contribution in [0.1, 0.15) is 6.92 Å². The van der Waals surface area contributed by atoms with Crippen LogP contribution >= 0.6 is 23.4 Å². The zero-order valence-corrected chi connectivity index (χ0v) is 11.0. The molecule has 0 aliphatic heterocycles. The zero-order valence-electron chi connectivity index (χ0n) is 9.41. The fraction of sp³-hybridized carbons (Fsp3) is 0.364. The van der Waals surface area contributed by atoms with E-state index in [4.69, 9.17) is 16.3 Å². The Balaban J connectivity index is 2.78. The number of carbonyl (C=O) groups is 1. The number of hydrogen-bond donors (Lipinski definition) is 1. The second-order valence-electron chi connectivity index (χ2n) is 3.22. The Morgan fingerprint density at radius 3 is 2.81 bits per heavy atom. The van der Waals surface area contributed by atoms with Gasteiger partial charge >= 0.3 is 0 Å². The minimum absolute atomic E-state index is 0.0307. The van der Waals surface area contributed by atoms with E-state index in [1.165, 1.54) is 18.9 Å².